The lowest BCUT2D eigenvalue weighted by molar-refractivity contribution is -0.142. The summed E-state index contributed by atoms with van der Waals surface area (Å²) in [4.78, 5) is 62.5. The molecule has 0 aromatic carbocycles. The molecule has 1 saturated heterocycles. The van der Waals surface area contributed by atoms with Gasteiger partial charge in [-0.25, -0.2) is 14.4 Å². The summed E-state index contributed by atoms with van der Waals surface area (Å²) in [6.45, 7) is 1.15. The summed E-state index contributed by atoms with van der Waals surface area (Å²) in [7, 11) is 0. The highest BCUT2D eigenvalue weighted by Gasteiger charge is 2.40. The summed E-state index contributed by atoms with van der Waals surface area (Å²) in [5.41, 5.74) is 5.14. The van der Waals surface area contributed by atoms with Gasteiger partial charge < -0.3 is 36.2 Å². The number of carbonyl (C=O) groups is 5. The van der Waals surface area contributed by atoms with Crippen LogP contribution in [0.15, 0.2) is 4.52 Å². The minimum absolute atomic E-state index is 0.0396. The summed E-state index contributed by atoms with van der Waals surface area (Å²) in [5.74, 6) is -4.94. The number of anilines is 1. The number of carboxylic acids is 2. The van der Waals surface area contributed by atoms with E-state index in [1.54, 1.807) is 0 Å². The van der Waals surface area contributed by atoms with Crippen molar-refractivity contribution < 1.29 is 43.8 Å². The van der Waals surface area contributed by atoms with E-state index in [9.17, 15) is 34.2 Å². The molecule has 164 valence electrons. The van der Waals surface area contributed by atoms with Crippen molar-refractivity contribution in [2.75, 3.05) is 4.90 Å². The van der Waals surface area contributed by atoms with E-state index >= 15 is 0 Å². The molecule has 0 spiro atoms. The molecular weight excluding hydrogens is 408 g/mol. The van der Waals surface area contributed by atoms with Gasteiger partial charge in [0.15, 0.2) is 6.04 Å². The Morgan fingerprint density at radius 2 is 1.97 bits per heavy atom. The summed E-state index contributed by atoms with van der Waals surface area (Å²) in [6.07, 6.45) is -1.95. The van der Waals surface area contributed by atoms with Crippen LogP contribution in [0.3, 0.4) is 0 Å². The van der Waals surface area contributed by atoms with Crippen LogP contribution >= 0.6 is 0 Å². The van der Waals surface area contributed by atoms with Crippen LogP contribution in [0.25, 0.3) is 0 Å². The van der Waals surface area contributed by atoms with Gasteiger partial charge in [0.1, 0.15) is 12.1 Å². The second kappa shape index (κ2) is 9.17. The molecule has 1 aliphatic heterocycles. The van der Waals surface area contributed by atoms with Crippen LogP contribution in [-0.4, -0.2) is 73.4 Å². The molecule has 0 aliphatic carbocycles. The Bertz CT molecular complexity index is 853. The van der Waals surface area contributed by atoms with E-state index in [0.717, 1.165) is 11.8 Å². The monoisotopic (exact) mass is 428 g/mol. The molecular formula is C15H20N6O9. The van der Waals surface area contributed by atoms with Crippen LogP contribution in [0.5, 0.6) is 0 Å². The molecule has 30 heavy (non-hydrogen) atoms. The van der Waals surface area contributed by atoms with Crippen molar-refractivity contribution >= 4 is 35.7 Å². The van der Waals surface area contributed by atoms with Crippen LogP contribution in [-0.2, 0) is 19.2 Å². The summed E-state index contributed by atoms with van der Waals surface area (Å²) in [5, 5.41) is 35.4. The highest BCUT2D eigenvalue weighted by molar-refractivity contribution is 6.00. The summed E-state index contributed by atoms with van der Waals surface area (Å²) in [6, 6.07) is -5.24. The number of primary amides is 1. The molecule has 1 aromatic heterocycles. The minimum Gasteiger partial charge on any atom is -0.480 e. The van der Waals surface area contributed by atoms with Gasteiger partial charge in [-0.1, -0.05) is 0 Å². The Morgan fingerprint density at radius 3 is 2.50 bits per heavy atom. The van der Waals surface area contributed by atoms with E-state index in [2.05, 4.69) is 15.5 Å². The topological polar surface area (TPSA) is 238 Å². The largest absolute Gasteiger partial charge is 0.480 e. The van der Waals surface area contributed by atoms with Crippen molar-refractivity contribution in [3.63, 3.8) is 0 Å². The van der Waals surface area contributed by atoms with Gasteiger partial charge in [-0.2, -0.15) is 4.98 Å². The number of nitrogens with two attached hydrogens (primary N) is 1. The number of rotatable bonds is 9. The van der Waals surface area contributed by atoms with Crippen molar-refractivity contribution in [1.29, 1.82) is 0 Å². The van der Waals surface area contributed by atoms with Gasteiger partial charge in [0, 0.05) is 6.42 Å². The molecule has 1 fully saturated rings. The van der Waals surface area contributed by atoms with Crippen LogP contribution in [0.4, 0.5) is 10.7 Å². The third-order valence-corrected chi connectivity index (χ3v) is 4.19. The first kappa shape index (κ1) is 22.5. The number of carboxylic acid groups (broad SMARTS) is 2. The number of hydrogen-bond donors (Lipinski definition) is 6. The number of hydrogen-bond acceptors (Lipinski definition) is 9. The second-order valence-corrected chi connectivity index (χ2v) is 6.49. The fourth-order valence-corrected chi connectivity index (χ4v) is 2.77. The quantitative estimate of drug-likeness (QED) is 0.244. The molecule has 4 atom stereocenters. The Balaban J connectivity index is 2.21. The number of aromatic nitrogens is 2. The van der Waals surface area contributed by atoms with Gasteiger partial charge in [0.25, 0.3) is 11.8 Å². The molecule has 7 N–H and O–H groups in total. The lowest BCUT2D eigenvalue weighted by Crippen LogP contribution is -2.52. The molecule has 2 rings (SSSR count). The molecule has 0 saturated carbocycles. The predicted octanol–water partition coefficient (Wildman–Crippen LogP) is -2.30. The summed E-state index contributed by atoms with van der Waals surface area (Å²) < 4.78 is 4.95. The van der Waals surface area contributed by atoms with Gasteiger partial charge in [-0.05, 0) is 18.5 Å². The number of aliphatic carboxylic acids is 2. The predicted molar refractivity (Wildman–Crippen MR) is 93.8 cm³/mol. The van der Waals surface area contributed by atoms with Gasteiger partial charge in [-0.15, -0.1) is 0 Å². The first-order valence-electron chi connectivity index (χ1n) is 8.66. The number of aliphatic hydroxyl groups is 1. The van der Waals surface area contributed by atoms with E-state index in [4.69, 9.17) is 15.4 Å². The third kappa shape index (κ3) is 5.19. The smallest absolute Gasteiger partial charge is 0.328 e. The van der Waals surface area contributed by atoms with E-state index in [-0.39, 0.29) is 24.7 Å². The van der Waals surface area contributed by atoms with Crippen molar-refractivity contribution in [2.45, 2.75) is 50.4 Å². The second-order valence-electron chi connectivity index (χ2n) is 6.49. The van der Waals surface area contributed by atoms with Crippen molar-refractivity contribution in [2.24, 2.45) is 5.73 Å². The zero-order valence-electron chi connectivity index (χ0n) is 15.6. The van der Waals surface area contributed by atoms with Crippen LogP contribution < -0.4 is 21.3 Å². The van der Waals surface area contributed by atoms with Gasteiger partial charge in [0.2, 0.25) is 11.8 Å². The lowest BCUT2D eigenvalue weighted by atomic mass is 10.2. The maximum atomic E-state index is 12.1. The zero-order chi connectivity index (χ0) is 22.6. The molecule has 4 amide bonds. The van der Waals surface area contributed by atoms with Crippen molar-refractivity contribution in [1.82, 2.24) is 20.8 Å². The average molecular weight is 428 g/mol. The molecule has 15 heteroatoms. The maximum absolute atomic E-state index is 12.1. The van der Waals surface area contributed by atoms with E-state index < -0.39 is 60.4 Å². The number of urea groups is 1. The molecule has 0 radical (unpaired) electrons. The van der Waals surface area contributed by atoms with Crippen molar-refractivity contribution in [3.8, 4) is 0 Å². The molecule has 1 aromatic rings. The van der Waals surface area contributed by atoms with Crippen LogP contribution in [0.2, 0.25) is 0 Å². The van der Waals surface area contributed by atoms with Gasteiger partial charge in [0.05, 0.1) is 12.5 Å². The van der Waals surface area contributed by atoms with Crippen molar-refractivity contribution in [3.05, 3.63) is 5.89 Å². The molecule has 15 nitrogen and oxygen atoms in total. The maximum Gasteiger partial charge on any atom is 0.328 e. The average Bonchev–Trinajstić information content (AvgIpc) is 3.24. The van der Waals surface area contributed by atoms with Gasteiger partial charge >= 0.3 is 18.0 Å². The van der Waals surface area contributed by atoms with E-state index in [1.165, 1.54) is 0 Å². The molecule has 2 unspecified atom stereocenters. The van der Waals surface area contributed by atoms with Gasteiger partial charge in [-0.3, -0.25) is 14.5 Å². The fourth-order valence-electron chi connectivity index (χ4n) is 2.77. The summed E-state index contributed by atoms with van der Waals surface area (Å²) >= 11 is 0. The Hall–Kier alpha value is -3.75. The standard InChI is InChI=1S/C15H20N6O9/c1-5(22)10(13(27)28)18-15(29)17-6(4-8(16)23)11-19-14(20-30-11)21-7(12(25)26)2-3-9(21)24/h5-7,10,22H,2-4H2,1H3,(H2,16,23)(H,25,26)(H,27,28)(H2,17,18,29)/t5?,6-,7+,10?/m0/s1. The van der Waals surface area contributed by atoms with Crippen LogP contribution in [0.1, 0.15) is 38.1 Å². The molecule has 2 heterocycles. The SMILES string of the molecule is CC(O)C(NC(=O)N[C@@H](CC(N)=O)c1nc(N2C(=O)CC[C@@H]2C(=O)O)no1)C(=O)O. The number of nitrogens with one attached hydrogen (secondary N) is 2. The highest BCUT2D eigenvalue weighted by Crippen LogP contribution is 2.26. The number of aliphatic hydroxyl groups excluding tert-OH is 1. The van der Waals surface area contributed by atoms with Crippen LogP contribution in [0, 0.1) is 0 Å². The molecule has 1 aliphatic rings. The van der Waals surface area contributed by atoms with E-state index in [1.807, 2.05) is 5.32 Å². The number of nitrogens with zero attached hydrogens (tertiary/aromatic N) is 3. The minimum atomic E-state index is -1.64. The highest BCUT2D eigenvalue weighted by atomic mass is 16.5. The number of carbonyl (C=O) groups excluding carboxylic acids is 3. The Labute approximate surface area is 168 Å². The zero-order valence-corrected chi connectivity index (χ0v) is 15.6. The Morgan fingerprint density at radius 1 is 1.30 bits per heavy atom. The lowest BCUT2D eigenvalue weighted by Gasteiger charge is -2.20. The normalized spacial score (nSPS) is 19.1. The Kier molecular flexibility index (Phi) is 6.89. The molecule has 0 bridgehead atoms. The fraction of sp³-hybridized carbons (Fsp3) is 0.533. The first-order valence-corrected chi connectivity index (χ1v) is 8.66. The number of amides is 4. The third-order valence-electron chi connectivity index (χ3n) is 4.19. The first-order chi connectivity index (χ1) is 14.0. The van der Waals surface area contributed by atoms with E-state index in [0.29, 0.717) is 0 Å².